The highest BCUT2D eigenvalue weighted by Crippen LogP contribution is 1.91. The quantitative estimate of drug-likeness (QED) is 0.633. The maximum absolute atomic E-state index is 10.6. The first-order valence-electron chi connectivity index (χ1n) is 3.40. The fourth-order valence-electron chi connectivity index (χ4n) is 0.690. The van der Waals surface area contributed by atoms with E-state index in [1.54, 1.807) is 6.92 Å². The fourth-order valence-corrected chi connectivity index (χ4v) is 0.690. The van der Waals surface area contributed by atoms with Crippen molar-refractivity contribution in [2.75, 3.05) is 13.1 Å². The topological polar surface area (TPSA) is 57.6 Å². The van der Waals surface area contributed by atoms with Gasteiger partial charge >= 0.3 is 5.97 Å². The van der Waals surface area contributed by atoms with Gasteiger partial charge in [0.2, 0.25) is 5.91 Å². The molecule has 4 heteroatoms. The van der Waals surface area contributed by atoms with Gasteiger partial charge in [0.05, 0.1) is 6.42 Å². The average molecular weight is 158 g/mol. The minimum Gasteiger partial charge on any atom is -0.481 e. The Balaban J connectivity index is 3.70. The third-order valence-corrected chi connectivity index (χ3v) is 1.33. The number of aliphatic carboxylic acids is 1. The van der Waals surface area contributed by atoms with Crippen molar-refractivity contribution in [1.29, 1.82) is 0 Å². The van der Waals surface area contributed by atoms with Crippen LogP contribution in [0.15, 0.2) is 0 Å². The van der Waals surface area contributed by atoms with Crippen LogP contribution in [0.25, 0.3) is 0 Å². The maximum Gasteiger partial charge on any atom is 0.305 e. The minimum absolute atomic E-state index is 0.0188. The SMILES string of the molecule is [CH2]C(=O)N(CC)CCC(=O)O. The molecule has 63 valence electrons. The van der Waals surface area contributed by atoms with Gasteiger partial charge in [-0.2, -0.15) is 0 Å². The Morgan fingerprint density at radius 3 is 2.36 bits per heavy atom. The summed E-state index contributed by atoms with van der Waals surface area (Å²) in [5.41, 5.74) is 0. The molecule has 0 atom stereocenters. The van der Waals surface area contributed by atoms with Gasteiger partial charge in [0.15, 0.2) is 0 Å². The Kier molecular flexibility index (Phi) is 4.26. The molecule has 1 radical (unpaired) electrons. The second-order valence-corrected chi connectivity index (χ2v) is 2.12. The summed E-state index contributed by atoms with van der Waals surface area (Å²) >= 11 is 0. The van der Waals surface area contributed by atoms with Crippen molar-refractivity contribution >= 4 is 11.9 Å². The standard InChI is InChI=1S/C7H12NO3/c1-3-8(6(2)9)5-4-7(10)11/h2-5H2,1H3,(H,10,11). The van der Waals surface area contributed by atoms with E-state index in [0.29, 0.717) is 6.54 Å². The van der Waals surface area contributed by atoms with Gasteiger partial charge in [-0.3, -0.25) is 9.59 Å². The lowest BCUT2D eigenvalue weighted by Crippen LogP contribution is -2.30. The van der Waals surface area contributed by atoms with Gasteiger partial charge in [0.1, 0.15) is 0 Å². The number of carbonyl (C=O) groups is 2. The van der Waals surface area contributed by atoms with Gasteiger partial charge in [-0.25, -0.2) is 0 Å². The maximum atomic E-state index is 10.6. The molecule has 0 bridgehead atoms. The number of hydrogen-bond donors (Lipinski definition) is 1. The molecule has 0 aromatic heterocycles. The molecule has 1 N–H and O–H groups in total. The van der Waals surface area contributed by atoms with Gasteiger partial charge in [-0.1, -0.05) is 0 Å². The number of rotatable bonds is 4. The monoisotopic (exact) mass is 158 g/mol. The zero-order chi connectivity index (χ0) is 8.85. The summed E-state index contributed by atoms with van der Waals surface area (Å²) in [5.74, 6) is -1.22. The van der Waals surface area contributed by atoms with Gasteiger partial charge in [0, 0.05) is 20.0 Å². The number of nitrogens with zero attached hydrogens (tertiary/aromatic N) is 1. The number of carboxylic acids is 1. The Labute approximate surface area is 65.8 Å². The highest BCUT2D eigenvalue weighted by Gasteiger charge is 2.07. The summed E-state index contributed by atoms with van der Waals surface area (Å²) in [7, 11) is 0. The number of amides is 1. The van der Waals surface area contributed by atoms with Crippen molar-refractivity contribution < 1.29 is 14.7 Å². The largest absolute Gasteiger partial charge is 0.481 e. The van der Waals surface area contributed by atoms with Crippen molar-refractivity contribution in [3.05, 3.63) is 6.92 Å². The lowest BCUT2D eigenvalue weighted by Gasteiger charge is -2.16. The first-order valence-corrected chi connectivity index (χ1v) is 3.40. The van der Waals surface area contributed by atoms with E-state index in [4.69, 9.17) is 5.11 Å². The first kappa shape index (κ1) is 9.94. The van der Waals surface area contributed by atoms with Gasteiger partial charge in [-0.05, 0) is 6.92 Å². The second-order valence-electron chi connectivity index (χ2n) is 2.12. The van der Waals surface area contributed by atoms with Crippen LogP contribution in [0.2, 0.25) is 0 Å². The number of carboxylic acid groups (broad SMARTS) is 1. The van der Waals surface area contributed by atoms with Crippen LogP contribution < -0.4 is 0 Å². The van der Waals surface area contributed by atoms with E-state index in [0.717, 1.165) is 0 Å². The van der Waals surface area contributed by atoms with Crippen LogP contribution in [0.3, 0.4) is 0 Å². The molecular weight excluding hydrogens is 146 g/mol. The molecule has 0 aliphatic carbocycles. The molecule has 0 saturated carbocycles. The molecule has 0 rings (SSSR count). The summed E-state index contributed by atoms with van der Waals surface area (Å²) in [4.78, 5) is 22.1. The van der Waals surface area contributed by atoms with Crippen molar-refractivity contribution in [2.45, 2.75) is 13.3 Å². The van der Waals surface area contributed by atoms with Crippen LogP contribution in [-0.4, -0.2) is 35.0 Å². The molecule has 0 heterocycles. The second kappa shape index (κ2) is 4.71. The van der Waals surface area contributed by atoms with E-state index < -0.39 is 5.97 Å². The van der Waals surface area contributed by atoms with Crippen LogP contribution in [0.4, 0.5) is 0 Å². The molecule has 4 nitrogen and oxygen atoms in total. The lowest BCUT2D eigenvalue weighted by atomic mass is 10.4. The highest BCUT2D eigenvalue weighted by molar-refractivity contribution is 5.80. The summed E-state index contributed by atoms with van der Waals surface area (Å²) in [6, 6.07) is 0. The Bertz CT molecular complexity index is 156. The van der Waals surface area contributed by atoms with Crippen LogP contribution in [0.1, 0.15) is 13.3 Å². The van der Waals surface area contributed by atoms with E-state index >= 15 is 0 Å². The van der Waals surface area contributed by atoms with E-state index in [-0.39, 0.29) is 18.9 Å². The molecule has 0 unspecified atom stereocenters. The average Bonchev–Trinajstić information content (AvgIpc) is 1.87. The first-order chi connectivity index (χ1) is 5.07. The molecule has 0 spiro atoms. The molecule has 0 saturated heterocycles. The molecule has 11 heavy (non-hydrogen) atoms. The molecule has 0 aliphatic rings. The Hall–Kier alpha value is -1.06. The normalized spacial score (nSPS) is 9.27. The fraction of sp³-hybridized carbons (Fsp3) is 0.571. The van der Waals surface area contributed by atoms with Crippen LogP contribution >= 0.6 is 0 Å². The van der Waals surface area contributed by atoms with Crippen LogP contribution in [-0.2, 0) is 9.59 Å². The van der Waals surface area contributed by atoms with Crippen LogP contribution in [0, 0.1) is 6.92 Å². The van der Waals surface area contributed by atoms with Gasteiger partial charge < -0.3 is 10.0 Å². The predicted molar refractivity (Wildman–Crippen MR) is 39.9 cm³/mol. The van der Waals surface area contributed by atoms with E-state index in [2.05, 4.69) is 6.92 Å². The van der Waals surface area contributed by atoms with Gasteiger partial charge in [0.25, 0.3) is 0 Å². The molecular formula is C7H12NO3. The Morgan fingerprint density at radius 2 is 2.09 bits per heavy atom. The molecule has 1 amide bonds. The van der Waals surface area contributed by atoms with Crippen molar-refractivity contribution in [3.8, 4) is 0 Å². The summed E-state index contributed by atoms with van der Waals surface area (Å²) in [6.45, 7) is 5.72. The van der Waals surface area contributed by atoms with Crippen molar-refractivity contribution in [1.82, 2.24) is 4.90 Å². The molecule has 0 aromatic rings. The zero-order valence-corrected chi connectivity index (χ0v) is 6.54. The summed E-state index contributed by atoms with van der Waals surface area (Å²) < 4.78 is 0. The predicted octanol–water partition coefficient (Wildman–Crippen LogP) is 0.144. The molecule has 0 aliphatic heterocycles. The van der Waals surface area contributed by atoms with E-state index in [9.17, 15) is 9.59 Å². The number of hydrogen-bond acceptors (Lipinski definition) is 2. The Morgan fingerprint density at radius 1 is 1.55 bits per heavy atom. The van der Waals surface area contributed by atoms with Crippen molar-refractivity contribution in [3.63, 3.8) is 0 Å². The lowest BCUT2D eigenvalue weighted by molar-refractivity contribution is -0.137. The smallest absolute Gasteiger partial charge is 0.305 e. The minimum atomic E-state index is -0.898. The summed E-state index contributed by atoms with van der Waals surface area (Å²) in [5, 5.41) is 8.28. The van der Waals surface area contributed by atoms with Gasteiger partial charge in [-0.15, -0.1) is 0 Å². The van der Waals surface area contributed by atoms with E-state index in [1.165, 1.54) is 4.90 Å². The van der Waals surface area contributed by atoms with E-state index in [1.807, 2.05) is 0 Å². The molecule has 0 aromatic carbocycles. The van der Waals surface area contributed by atoms with Crippen LogP contribution in [0.5, 0.6) is 0 Å². The zero-order valence-electron chi connectivity index (χ0n) is 6.54. The highest BCUT2D eigenvalue weighted by atomic mass is 16.4. The third kappa shape index (κ3) is 4.36. The number of carbonyl (C=O) groups excluding carboxylic acids is 1. The summed E-state index contributed by atoms with van der Waals surface area (Å²) in [6.07, 6.45) is -0.0188. The molecule has 0 fully saturated rings. The van der Waals surface area contributed by atoms with Crippen molar-refractivity contribution in [2.24, 2.45) is 0 Å². The third-order valence-electron chi connectivity index (χ3n) is 1.33.